The number of thiazole rings is 1. The molecule has 1 rings (SSSR count). The Bertz CT molecular complexity index is 544. The van der Waals surface area contributed by atoms with Crippen LogP contribution in [0.2, 0.25) is 0 Å². The van der Waals surface area contributed by atoms with E-state index in [1.807, 2.05) is 18.7 Å². The molecular formula is C14H21N3O3S3. The lowest BCUT2D eigenvalue weighted by molar-refractivity contribution is -0.142. The van der Waals surface area contributed by atoms with Crippen LogP contribution in [0.5, 0.6) is 0 Å². The number of aromatic nitrogens is 1. The molecule has 6 nitrogen and oxygen atoms in total. The van der Waals surface area contributed by atoms with Gasteiger partial charge in [0.2, 0.25) is 5.91 Å². The molecule has 0 aliphatic heterocycles. The van der Waals surface area contributed by atoms with Crippen molar-refractivity contribution in [3.8, 4) is 0 Å². The molecule has 0 atom stereocenters. The first-order chi connectivity index (χ1) is 11.0. The number of amides is 1. The molecule has 1 aromatic heterocycles. The lowest BCUT2D eigenvalue weighted by atomic mass is 10.3. The number of carbonyl (C=O) groups is 2. The van der Waals surface area contributed by atoms with Crippen LogP contribution in [0.1, 0.15) is 26.5 Å². The number of ether oxygens (including phenoxy) is 1. The molecule has 1 N–H and O–H groups in total. The molecule has 0 aromatic carbocycles. The predicted molar refractivity (Wildman–Crippen MR) is 99.1 cm³/mol. The van der Waals surface area contributed by atoms with E-state index in [0.29, 0.717) is 21.8 Å². The summed E-state index contributed by atoms with van der Waals surface area (Å²) in [6, 6.07) is 0. The molecule has 0 fully saturated rings. The first-order valence-electron chi connectivity index (χ1n) is 7.31. The molecular weight excluding hydrogens is 354 g/mol. The molecule has 1 aromatic rings. The van der Waals surface area contributed by atoms with Gasteiger partial charge < -0.3 is 15.0 Å². The van der Waals surface area contributed by atoms with Gasteiger partial charge in [-0.1, -0.05) is 24.0 Å². The molecule has 0 aliphatic carbocycles. The second-order valence-electron chi connectivity index (χ2n) is 4.40. The average molecular weight is 376 g/mol. The van der Waals surface area contributed by atoms with Gasteiger partial charge in [-0.25, -0.2) is 4.98 Å². The zero-order chi connectivity index (χ0) is 17.2. The minimum Gasteiger partial charge on any atom is -0.466 e. The molecule has 1 amide bonds. The maximum atomic E-state index is 11.9. The second kappa shape index (κ2) is 10.6. The summed E-state index contributed by atoms with van der Waals surface area (Å²) in [5.41, 5.74) is 0.593. The zero-order valence-electron chi connectivity index (χ0n) is 13.5. The van der Waals surface area contributed by atoms with Gasteiger partial charge in [0, 0.05) is 18.5 Å². The highest BCUT2D eigenvalue weighted by Gasteiger charge is 2.12. The van der Waals surface area contributed by atoms with Gasteiger partial charge >= 0.3 is 5.97 Å². The van der Waals surface area contributed by atoms with Crippen LogP contribution in [0, 0.1) is 0 Å². The van der Waals surface area contributed by atoms with Gasteiger partial charge in [-0.2, -0.15) is 0 Å². The quantitative estimate of drug-likeness (QED) is 0.553. The lowest BCUT2D eigenvalue weighted by Crippen LogP contribution is -2.28. The first-order valence-corrected chi connectivity index (χ1v) is 9.59. The standard InChI is InChI=1S/C14H21N3O3S3/c1-4-17(5-2)14(21)23-9-11(18)16-13-15-10(8-22-13)7-12(19)20-6-3/h8H,4-7,9H2,1-3H3,(H,15,16,18). The van der Waals surface area contributed by atoms with Crippen molar-refractivity contribution in [2.24, 2.45) is 0 Å². The van der Waals surface area contributed by atoms with Gasteiger partial charge in [0.25, 0.3) is 0 Å². The van der Waals surface area contributed by atoms with Crippen molar-refractivity contribution in [3.63, 3.8) is 0 Å². The lowest BCUT2D eigenvalue weighted by Gasteiger charge is -2.20. The highest BCUT2D eigenvalue weighted by Crippen LogP contribution is 2.17. The van der Waals surface area contributed by atoms with E-state index < -0.39 is 0 Å². The molecule has 0 saturated carbocycles. The Balaban J connectivity index is 2.41. The number of anilines is 1. The normalized spacial score (nSPS) is 10.2. The van der Waals surface area contributed by atoms with Gasteiger partial charge in [-0.3, -0.25) is 9.59 Å². The van der Waals surface area contributed by atoms with Crippen LogP contribution in [0.15, 0.2) is 5.38 Å². The van der Waals surface area contributed by atoms with Crippen LogP contribution in [-0.4, -0.2) is 51.5 Å². The number of hydrogen-bond donors (Lipinski definition) is 1. The molecule has 0 aliphatic rings. The van der Waals surface area contributed by atoms with Crippen molar-refractivity contribution in [2.45, 2.75) is 27.2 Å². The van der Waals surface area contributed by atoms with E-state index in [4.69, 9.17) is 17.0 Å². The van der Waals surface area contributed by atoms with Crippen LogP contribution < -0.4 is 5.32 Å². The average Bonchev–Trinajstić information content (AvgIpc) is 2.93. The third kappa shape index (κ3) is 7.28. The van der Waals surface area contributed by atoms with E-state index in [0.717, 1.165) is 13.1 Å². The maximum Gasteiger partial charge on any atom is 0.311 e. The summed E-state index contributed by atoms with van der Waals surface area (Å²) in [4.78, 5) is 29.5. The first kappa shape index (κ1) is 19.9. The summed E-state index contributed by atoms with van der Waals surface area (Å²) in [7, 11) is 0. The molecule has 0 saturated heterocycles. The topological polar surface area (TPSA) is 71.5 Å². The Morgan fingerprint density at radius 2 is 2.09 bits per heavy atom. The van der Waals surface area contributed by atoms with Crippen molar-refractivity contribution in [1.29, 1.82) is 0 Å². The zero-order valence-corrected chi connectivity index (χ0v) is 15.9. The van der Waals surface area contributed by atoms with E-state index in [1.54, 1.807) is 12.3 Å². The van der Waals surface area contributed by atoms with E-state index in [2.05, 4.69) is 10.3 Å². The SMILES string of the molecule is CCOC(=O)Cc1csc(NC(=O)CSC(=S)N(CC)CC)n1. The Kier molecular flexibility index (Phi) is 9.12. The Morgan fingerprint density at radius 3 is 2.70 bits per heavy atom. The number of esters is 1. The molecule has 23 heavy (non-hydrogen) atoms. The molecule has 1 heterocycles. The molecule has 128 valence electrons. The Morgan fingerprint density at radius 1 is 1.39 bits per heavy atom. The summed E-state index contributed by atoms with van der Waals surface area (Å²) < 4.78 is 5.58. The van der Waals surface area contributed by atoms with Crippen LogP contribution in [0.4, 0.5) is 5.13 Å². The highest BCUT2D eigenvalue weighted by molar-refractivity contribution is 8.23. The van der Waals surface area contributed by atoms with Crippen LogP contribution in [0.3, 0.4) is 0 Å². The summed E-state index contributed by atoms with van der Waals surface area (Å²) in [6.07, 6.45) is 0.112. The number of rotatable bonds is 8. The fourth-order valence-corrected chi connectivity index (χ4v) is 3.59. The predicted octanol–water partition coefficient (Wildman–Crippen LogP) is 2.55. The van der Waals surface area contributed by atoms with E-state index >= 15 is 0 Å². The minimum absolute atomic E-state index is 0.112. The van der Waals surface area contributed by atoms with Crippen molar-refractivity contribution >= 4 is 56.6 Å². The Labute approximate surface area is 150 Å². The van der Waals surface area contributed by atoms with Gasteiger partial charge in [0.15, 0.2) is 5.13 Å². The highest BCUT2D eigenvalue weighted by atomic mass is 32.2. The fraction of sp³-hybridized carbons (Fsp3) is 0.571. The summed E-state index contributed by atoms with van der Waals surface area (Å²) in [5.74, 6) is -0.250. The second-order valence-corrected chi connectivity index (χ2v) is 6.87. The largest absolute Gasteiger partial charge is 0.466 e. The summed E-state index contributed by atoms with van der Waals surface area (Å²) >= 11 is 7.89. The van der Waals surface area contributed by atoms with E-state index in [-0.39, 0.29) is 24.1 Å². The van der Waals surface area contributed by atoms with Crippen LogP contribution in [0.25, 0.3) is 0 Å². The minimum atomic E-state index is -0.323. The van der Waals surface area contributed by atoms with Crippen molar-refractivity contribution in [3.05, 3.63) is 11.1 Å². The fourth-order valence-electron chi connectivity index (χ4n) is 1.66. The molecule has 0 spiro atoms. The van der Waals surface area contributed by atoms with Gasteiger partial charge in [0.1, 0.15) is 4.32 Å². The molecule has 0 bridgehead atoms. The monoisotopic (exact) mass is 375 g/mol. The van der Waals surface area contributed by atoms with Crippen molar-refractivity contribution in [1.82, 2.24) is 9.88 Å². The molecule has 0 radical (unpaired) electrons. The number of carbonyl (C=O) groups excluding carboxylic acids is 2. The number of thioether (sulfide) groups is 1. The smallest absolute Gasteiger partial charge is 0.311 e. The Hall–Kier alpha value is -1.19. The number of nitrogens with one attached hydrogen (secondary N) is 1. The number of thiocarbonyl (C=S) groups is 1. The van der Waals surface area contributed by atoms with Gasteiger partial charge in [0.05, 0.1) is 24.5 Å². The third-order valence-electron chi connectivity index (χ3n) is 2.78. The van der Waals surface area contributed by atoms with Gasteiger partial charge in [-0.15, -0.1) is 11.3 Å². The molecule has 0 unspecified atom stereocenters. The van der Waals surface area contributed by atoms with E-state index in [9.17, 15) is 9.59 Å². The van der Waals surface area contributed by atoms with Gasteiger partial charge in [-0.05, 0) is 20.8 Å². The molecule has 9 heteroatoms. The van der Waals surface area contributed by atoms with Crippen LogP contribution in [-0.2, 0) is 20.7 Å². The third-order valence-corrected chi connectivity index (χ3v) is 5.11. The number of hydrogen-bond acceptors (Lipinski definition) is 7. The van der Waals surface area contributed by atoms with Crippen LogP contribution >= 0.6 is 35.3 Å². The summed E-state index contributed by atoms with van der Waals surface area (Å²) in [6.45, 7) is 7.80. The van der Waals surface area contributed by atoms with E-state index in [1.165, 1.54) is 23.1 Å². The van der Waals surface area contributed by atoms with Crippen molar-refractivity contribution in [2.75, 3.05) is 30.8 Å². The summed E-state index contributed by atoms with van der Waals surface area (Å²) in [5, 5.41) is 4.93. The maximum absolute atomic E-state index is 11.9. The van der Waals surface area contributed by atoms with Crippen molar-refractivity contribution < 1.29 is 14.3 Å². The number of nitrogens with zero attached hydrogens (tertiary/aromatic N) is 2.